The highest BCUT2D eigenvalue weighted by Crippen LogP contribution is 2.40. The Labute approximate surface area is 197 Å². The maximum Gasteiger partial charge on any atom is 0.406 e. The molecule has 0 aliphatic carbocycles. The van der Waals surface area contributed by atoms with Crippen LogP contribution in [0.4, 0.5) is 37.2 Å². The molecule has 14 heteroatoms. The van der Waals surface area contributed by atoms with Crippen LogP contribution < -0.4 is 10.6 Å². The highest BCUT2D eigenvalue weighted by Gasteiger charge is 2.42. The number of amides is 3. The zero-order valence-corrected chi connectivity index (χ0v) is 19.1. The van der Waals surface area contributed by atoms with Crippen molar-refractivity contribution in [3.8, 4) is 0 Å². The Bertz CT molecular complexity index is 1070. The van der Waals surface area contributed by atoms with E-state index >= 15 is 0 Å². The van der Waals surface area contributed by atoms with Crippen molar-refractivity contribution in [3.05, 3.63) is 40.7 Å². The fourth-order valence-electron chi connectivity index (χ4n) is 3.90. The number of urea groups is 1. The van der Waals surface area contributed by atoms with Gasteiger partial charge in [-0.3, -0.25) is 9.67 Å². The zero-order valence-electron chi connectivity index (χ0n) is 19.1. The molecule has 0 saturated carbocycles. The molecule has 35 heavy (non-hydrogen) atoms. The number of hydrogen-bond acceptors (Lipinski definition) is 5. The first kappa shape index (κ1) is 26.2. The summed E-state index contributed by atoms with van der Waals surface area (Å²) < 4.78 is 74.4. The molecular weight excluding hydrogens is 479 g/mol. The lowest BCUT2D eigenvalue weighted by Crippen LogP contribution is -2.39. The number of methoxy groups -OCH3 is 1. The summed E-state index contributed by atoms with van der Waals surface area (Å²) in [4.78, 5) is 26.9. The first-order valence-corrected chi connectivity index (χ1v) is 10.8. The number of pyridine rings is 1. The number of carbonyl (C=O) groups excluding carboxylic acids is 2. The van der Waals surface area contributed by atoms with E-state index in [-0.39, 0.29) is 31.6 Å². The van der Waals surface area contributed by atoms with Gasteiger partial charge in [0.05, 0.1) is 25.0 Å². The van der Waals surface area contributed by atoms with Gasteiger partial charge >= 0.3 is 12.1 Å². The van der Waals surface area contributed by atoms with Crippen molar-refractivity contribution in [1.82, 2.24) is 25.0 Å². The quantitative estimate of drug-likeness (QED) is 0.598. The summed E-state index contributed by atoms with van der Waals surface area (Å²) in [5, 5.41) is 8.79. The number of halogens is 5. The summed E-state index contributed by atoms with van der Waals surface area (Å²) in [6.07, 6.45) is -1.60. The molecule has 0 fully saturated rings. The van der Waals surface area contributed by atoms with E-state index in [9.17, 15) is 31.5 Å². The predicted octanol–water partition coefficient (Wildman–Crippen LogP) is 4.19. The van der Waals surface area contributed by atoms with Crippen LogP contribution in [0.15, 0.2) is 12.3 Å². The van der Waals surface area contributed by atoms with E-state index in [1.54, 1.807) is 0 Å². The third-order valence-corrected chi connectivity index (χ3v) is 5.60. The van der Waals surface area contributed by atoms with Gasteiger partial charge in [-0.2, -0.15) is 13.9 Å². The highest BCUT2D eigenvalue weighted by molar-refractivity contribution is 5.89. The number of ether oxygens (including phenoxy) is 1. The minimum absolute atomic E-state index is 0.111. The number of aryl methyl sites for hydroxylation is 1. The van der Waals surface area contributed by atoms with Crippen LogP contribution in [0.3, 0.4) is 0 Å². The average molecular weight is 504 g/mol. The van der Waals surface area contributed by atoms with E-state index in [2.05, 4.69) is 25.5 Å². The minimum Gasteiger partial charge on any atom is -0.453 e. The first-order valence-electron chi connectivity index (χ1n) is 10.8. The first-order chi connectivity index (χ1) is 16.6. The number of anilines is 1. The van der Waals surface area contributed by atoms with Gasteiger partial charge in [-0.1, -0.05) is 0 Å². The molecule has 2 aliphatic heterocycles. The number of alkyl carbamates (subject to hydrolysis) is 1. The molecule has 0 atom stereocenters. The second kappa shape index (κ2) is 10.9. The Hall–Kier alpha value is -3.45. The van der Waals surface area contributed by atoms with Gasteiger partial charge in [-0.05, 0) is 18.9 Å². The second-order valence-electron chi connectivity index (χ2n) is 7.86. The molecule has 0 unspecified atom stereocenters. The van der Waals surface area contributed by atoms with Gasteiger partial charge < -0.3 is 20.3 Å². The summed E-state index contributed by atoms with van der Waals surface area (Å²) in [5.74, 6) is -4.36. The molecule has 3 amide bonds. The molecule has 0 bridgehead atoms. The van der Waals surface area contributed by atoms with Crippen LogP contribution in [0.25, 0.3) is 0 Å². The minimum atomic E-state index is -3.13. The van der Waals surface area contributed by atoms with Crippen molar-refractivity contribution in [2.24, 2.45) is 0 Å². The van der Waals surface area contributed by atoms with Gasteiger partial charge in [0.15, 0.2) is 5.82 Å². The largest absolute Gasteiger partial charge is 0.453 e. The van der Waals surface area contributed by atoms with Gasteiger partial charge in [0.1, 0.15) is 11.4 Å². The second-order valence-corrected chi connectivity index (χ2v) is 7.86. The van der Waals surface area contributed by atoms with Crippen LogP contribution in [-0.4, -0.2) is 52.5 Å². The van der Waals surface area contributed by atoms with Crippen molar-refractivity contribution in [2.75, 3.05) is 26.0 Å². The van der Waals surface area contributed by atoms with Crippen molar-refractivity contribution < 1.29 is 36.3 Å². The fourth-order valence-corrected chi connectivity index (χ4v) is 3.90. The zero-order chi connectivity index (χ0) is 25.8. The van der Waals surface area contributed by atoms with Crippen LogP contribution in [0.2, 0.25) is 0 Å². The lowest BCUT2D eigenvalue weighted by atomic mass is 10.00. The normalized spacial score (nSPS) is 16.3. The monoisotopic (exact) mass is 504 g/mol. The third-order valence-electron chi connectivity index (χ3n) is 5.60. The van der Waals surface area contributed by atoms with Crippen LogP contribution >= 0.6 is 0 Å². The van der Waals surface area contributed by atoms with Crippen LogP contribution in [0, 0.1) is 5.82 Å². The predicted molar refractivity (Wildman–Crippen MR) is 114 cm³/mol. The Morgan fingerprint density at radius 2 is 1.97 bits per heavy atom. The molecule has 0 spiro atoms. The maximum atomic E-state index is 14.6. The molecule has 2 N–H and O–H groups in total. The molecule has 192 valence electrons. The Kier molecular flexibility index (Phi) is 8.12. The number of nitrogens with one attached hydrogen (secondary N) is 2. The lowest BCUT2D eigenvalue weighted by molar-refractivity contribution is -0.0203. The Morgan fingerprint density at radius 1 is 1.23 bits per heavy atom. The number of nitrogens with zero attached hydrogens (tertiary/aromatic N) is 4. The number of fused-ring (bicyclic) bond motifs is 3. The van der Waals surface area contributed by atoms with Gasteiger partial charge in [-0.25, -0.2) is 22.8 Å². The molecule has 0 saturated heterocycles. The Balaban J connectivity index is 0.000000509. The summed E-state index contributed by atoms with van der Waals surface area (Å²) in [6.45, 7) is 0.471. The number of alkyl halides is 4. The van der Waals surface area contributed by atoms with E-state index < -0.39 is 41.7 Å². The van der Waals surface area contributed by atoms with E-state index in [1.165, 1.54) is 23.7 Å². The van der Waals surface area contributed by atoms with Gasteiger partial charge in [0.2, 0.25) is 0 Å². The maximum absolute atomic E-state index is 14.6. The number of hydrogen-bond donors (Lipinski definition) is 2. The third kappa shape index (κ3) is 5.80. The molecule has 9 nitrogen and oxygen atoms in total. The van der Waals surface area contributed by atoms with Crippen molar-refractivity contribution in [3.63, 3.8) is 0 Å². The van der Waals surface area contributed by atoms with E-state index in [4.69, 9.17) is 0 Å². The average Bonchev–Trinajstić information content (AvgIpc) is 3.13. The fraction of sp³-hybridized carbons (Fsp3) is 0.524. The van der Waals surface area contributed by atoms with Crippen molar-refractivity contribution in [1.29, 1.82) is 0 Å². The highest BCUT2D eigenvalue weighted by atomic mass is 19.3. The van der Waals surface area contributed by atoms with Gasteiger partial charge in [-0.15, -0.1) is 0 Å². The smallest absolute Gasteiger partial charge is 0.406 e. The molecule has 0 aromatic carbocycles. The summed E-state index contributed by atoms with van der Waals surface area (Å²) >= 11 is 0. The van der Waals surface area contributed by atoms with Crippen molar-refractivity contribution >= 4 is 17.8 Å². The lowest BCUT2D eigenvalue weighted by Gasteiger charge is -2.28. The standard InChI is InChI=1S/C18H18F5N5O.C3H7NO2/c19-13-12(3-6-24-14(13)16(20)21)25-17(29)27-8-4-11-10(9-27)15-18(22,23)5-1-2-7-28(15)26-11;1-4-3(5)6-2/h3,6,16H,1-2,4-5,7-9H2,(H,24,25,29);1-2H3,(H,4,5). The topological polar surface area (TPSA) is 101 Å². The number of rotatable bonds is 2. The molecular formula is C21H25F5N6O3. The summed E-state index contributed by atoms with van der Waals surface area (Å²) in [7, 11) is 2.82. The summed E-state index contributed by atoms with van der Waals surface area (Å²) in [6, 6.07) is 0.298. The molecule has 2 aromatic rings. The van der Waals surface area contributed by atoms with E-state index in [0.717, 1.165) is 12.3 Å². The SMILES string of the molecule is CNC(=O)OC.O=C(Nc1ccnc(C(F)F)c1F)N1CCc2nn3c(c2C1)C(F)(F)CCCC3. The number of carbonyl (C=O) groups is 2. The van der Waals surface area contributed by atoms with Crippen molar-refractivity contribution in [2.45, 2.75) is 51.1 Å². The molecule has 2 aromatic heterocycles. The van der Waals surface area contributed by atoms with E-state index in [1.807, 2.05) is 0 Å². The van der Waals surface area contributed by atoms with Gasteiger partial charge in [0, 0.05) is 44.7 Å². The van der Waals surface area contributed by atoms with Crippen LogP contribution in [0.5, 0.6) is 0 Å². The Morgan fingerprint density at radius 3 is 2.60 bits per heavy atom. The number of aromatic nitrogens is 3. The molecule has 4 heterocycles. The van der Waals surface area contributed by atoms with Crippen LogP contribution in [0.1, 0.15) is 48.3 Å². The van der Waals surface area contributed by atoms with E-state index in [0.29, 0.717) is 30.6 Å². The van der Waals surface area contributed by atoms with Gasteiger partial charge in [0.25, 0.3) is 12.3 Å². The summed E-state index contributed by atoms with van der Waals surface area (Å²) in [5.41, 5.74) is -0.837. The molecule has 0 radical (unpaired) electrons. The molecule has 4 rings (SSSR count). The van der Waals surface area contributed by atoms with Crippen LogP contribution in [-0.2, 0) is 30.2 Å². The molecule has 2 aliphatic rings.